The number of esters is 1. The van der Waals surface area contributed by atoms with Gasteiger partial charge in [-0.3, -0.25) is 14.6 Å². The predicted octanol–water partition coefficient (Wildman–Crippen LogP) is 6.21. The van der Waals surface area contributed by atoms with Gasteiger partial charge in [-0.05, 0) is 66.4 Å². The zero-order valence-corrected chi connectivity index (χ0v) is 24.2. The van der Waals surface area contributed by atoms with Gasteiger partial charge in [0, 0.05) is 54.4 Å². The van der Waals surface area contributed by atoms with Crippen LogP contribution in [0.25, 0.3) is 21.9 Å². The van der Waals surface area contributed by atoms with Crippen LogP contribution in [0.3, 0.4) is 0 Å². The Balaban J connectivity index is 1.09. The van der Waals surface area contributed by atoms with Crippen LogP contribution in [0.15, 0.2) is 66.9 Å². The van der Waals surface area contributed by atoms with E-state index in [-0.39, 0.29) is 18.1 Å². The molecule has 43 heavy (non-hydrogen) atoms. The number of methoxy groups -OCH3 is 2. The summed E-state index contributed by atoms with van der Waals surface area (Å²) >= 11 is 0. The molecule has 1 aliphatic carbocycles. The van der Waals surface area contributed by atoms with E-state index in [2.05, 4.69) is 4.98 Å². The van der Waals surface area contributed by atoms with Crippen LogP contribution >= 0.6 is 0 Å². The third kappa shape index (κ3) is 4.90. The second-order valence-corrected chi connectivity index (χ2v) is 11.7. The summed E-state index contributed by atoms with van der Waals surface area (Å²) in [5, 5.41) is 1.95. The SMILES string of the molecule is COC(=O)c1cccc(-c2ccc3c(c2)C(=O)CC2(CCN(C(=O)c4cc(OC)c5ccnc(C6CC6)c5c4)CC2)O3)c1. The number of hydrogen-bond acceptors (Lipinski definition) is 7. The number of rotatable bonds is 5. The van der Waals surface area contributed by atoms with Crippen LogP contribution in [0.1, 0.15) is 74.8 Å². The highest BCUT2D eigenvalue weighted by Crippen LogP contribution is 2.44. The Morgan fingerprint density at radius 3 is 2.47 bits per heavy atom. The molecule has 3 aromatic carbocycles. The smallest absolute Gasteiger partial charge is 0.337 e. The molecule has 3 aliphatic rings. The molecule has 8 heteroatoms. The van der Waals surface area contributed by atoms with E-state index in [0.717, 1.165) is 40.4 Å². The molecule has 0 unspecified atom stereocenters. The van der Waals surface area contributed by atoms with Crippen LogP contribution in [0.2, 0.25) is 0 Å². The van der Waals surface area contributed by atoms with Crippen molar-refractivity contribution in [2.24, 2.45) is 0 Å². The lowest BCUT2D eigenvalue weighted by Gasteiger charge is -2.44. The zero-order chi connectivity index (χ0) is 29.7. The molecule has 2 fully saturated rings. The van der Waals surface area contributed by atoms with Crippen molar-refractivity contribution in [1.29, 1.82) is 0 Å². The summed E-state index contributed by atoms with van der Waals surface area (Å²) in [6.07, 6.45) is 5.43. The van der Waals surface area contributed by atoms with Gasteiger partial charge in [-0.2, -0.15) is 0 Å². The van der Waals surface area contributed by atoms with Crippen LogP contribution < -0.4 is 9.47 Å². The Morgan fingerprint density at radius 1 is 0.930 bits per heavy atom. The van der Waals surface area contributed by atoms with Crippen LogP contribution in [0, 0.1) is 0 Å². The summed E-state index contributed by atoms with van der Waals surface area (Å²) in [5.74, 6) is 1.23. The molecule has 1 spiro atoms. The number of piperidine rings is 1. The normalized spacial score (nSPS) is 17.3. The monoisotopic (exact) mass is 576 g/mol. The number of amides is 1. The average Bonchev–Trinajstić information content (AvgIpc) is 3.89. The number of ketones is 1. The molecule has 218 valence electrons. The van der Waals surface area contributed by atoms with Gasteiger partial charge in [-0.1, -0.05) is 18.2 Å². The van der Waals surface area contributed by atoms with Crippen molar-refractivity contribution >= 4 is 28.4 Å². The summed E-state index contributed by atoms with van der Waals surface area (Å²) in [6.45, 7) is 0.978. The van der Waals surface area contributed by atoms with E-state index in [1.54, 1.807) is 25.3 Å². The maximum Gasteiger partial charge on any atom is 0.337 e. The Bertz CT molecular complexity index is 1780. The van der Waals surface area contributed by atoms with Crippen LogP contribution in [0.5, 0.6) is 11.5 Å². The number of ether oxygens (including phenoxy) is 3. The van der Waals surface area contributed by atoms with Crippen molar-refractivity contribution < 1.29 is 28.6 Å². The van der Waals surface area contributed by atoms with Crippen molar-refractivity contribution in [2.75, 3.05) is 27.3 Å². The van der Waals surface area contributed by atoms with Gasteiger partial charge in [0.25, 0.3) is 5.91 Å². The first-order chi connectivity index (χ1) is 20.9. The minimum Gasteiger partial charge on any atom is -0.496 e. The minimum absolute atomic E-state index is 0.0198. The van der Waals surface area contributed by atoms with Crippen molar-refractivity contribution in [3.05, 3.63) is 89.2 Å². The van der Waals surface area contributed by atoms with Crippen molar-refractivity contribution in [3.8, 4) is 22.6 Å². The number of carbonyl (C=O) groups is 3. The van der Waals surface area contributed by atoms with Gasteiger partial charge in [0.2, 0.25) is 0 Å². The van der Waals surface area contributed by atoms with Gasteiger partial charge in [0.1, 0.15) is 17.1 Å². The molecule has 2 aliphatic heterocycles. The first kappa shape index (κ1) is 27.1. The zero-order valence-electron chi connectivity index (χ0n) is 24.2. The number of fused-ring (bicyclic) bond motifs is 2. The Labute approximate surface area is 249 Å². The van der Waals surface area contributed by atoms with E-state index >= 15 is 0 Å². The highest BCUT2D eigenvalue weighted by Gasteiger charge is 2.44. The summed E-state index contributed by atoms with van der Waals surface area (Å²) in [4.78, 5) is 45.6. The van der Waals surface area contributed by atoms with Crippen molar-refractivity contribution in [1.82, 2.24) is 9.88 Å². The lowest BCUT2D eigenvalue weighted by molar-refractivity contribution is -0.00571. The molecular formula is C35H32N2O6. The van der Waals surface area contributed by atoms with Crippen molar-refractivity contribution in [2.45, 2.75) is 43.6 Å². The number of carbonyl (C=O) groups excluding carboxylic acids is 3. The predicted molar refractivity (Wildman–Crippen MR) is 161 cm³/mol. The van der Waals surface area contributed by atoms with Crippen molar-refractivity contribution in [3.63, 3.8) is 0 Å². The first-order valence-electron chi connectivity index (χ1n) is 14.7. The highest BCUT2D eigenvalue weighted by molar-refractivity contribution is 6.03. The maximum atomic E-state index is 13.7. The van der Waals surface area contributed by atoms with Gasteiger partial charge < -0.3 is 19.1 Å². The summed E-state index contributed by atoms with van der Waals surface area (Å²) in [7, 11) is 2.98. The average molecular weight is 577 g/mol. The molecule has 4 aromatic rings. The topological polar surface area (TPSA) is 95.0 Å². The number of Topliss-reactive ketones (excluding diaryl/α,β-unsaturated/α-hetero) is 1. The third-order valence-corrected chi connectivity index (χ3v) is 8.97. The van der Waals surface area contributed by atoms with Gasteiger partial charge in [0.15, 0.2) is 5.78 Å². The molecule has 3 heterocycles. The molecule has 0 radical (unpaired) electrons. The Morgan fingerprint density at radius 2 is 1.72 bits per heavy atom. The third-order valence-electron chi connectivity index (χ3n) is 8.97. The quantitative estimate of drug-likeness (QED) is 0.261. The van der Waals surface area contributed by atoms with Crippen LogP contribution in [0.4, 0.5) is 0 Å². The number of aromatic nitrogens is 1. The highest BCUT2D eigenvalue weighted by atomic mass is 16.5. The van der Waals surface area contributed by atoms with Crippen LogP contribution in [-0.4, -0.2) is 60.5 Å². The van der Waals surface area contributed by atoms with E-state index < -0.39 is 11.6 Å². The first-order valence-corrected chi connectivity index (χ1v) is 14.7. The maximum absolute atomic E-state index is 13.7. The molecule has 0 bridgehead atoms. The summed E-state index contributed by atoms with van der Waals surface area (Å²) in [6, 6.07) is 18.4. The molecule has 0 N–H and O–H groups in total. The lowest BCUT2D eigenvalue weighted by atomic mass is 9.81. The van der Waals surface area contributed by atoms with Gasteiger partial charge in [-0.25, -0.2) is 4.79 Å². The van der Waals surface area contributed by atoms with Crippen LogP contribution in [-0.2, 0) is 4.74 Å². The molecule has 8 nitrogen and oxygen atoms in total. The Kier molecular flexibility index (Phi) is 6.64. The van der Waals surface area contributed by atoms with E-state index in [9.17, 15) is 14.4 Å². The molecule has 0 atom stereocenters. The number of nitrogens with zero attached hydrogens (tertiary/aromatic N) is 2. The van der Waals surface area contributed by atoms with E-state index in [4.69, 9.17) is 14.2 Å². The summed E-state index contributed by atoms with van der Waals surface area (Å²) < 4.78 is 17.0. The molecule has 1 saturated heterocycles. The fourth-order valence-electron chi connectivity index (χ4n) is 6.44. The molecule has 7 rings (SSSR count). The molecular weight excluding hydrogens is 544 g/mol. The van der Waals surface area contributed by atoms with Gasteiger partial charge in [0.05, 0.1) is 37.5 Å². The van der Waals surface area contributed by atoms with E-state index in [1.165, 1.54) is 7.11 Å². The van der Waals surface area contributed by atoms with Gasteiger partial charge in [-0.15, -0.1) is 0 Å². The van der Waals surface area contributed by atoms with E-state index in [0.29, 0.717) is 60.0 Å². The minimum atomic E-state index is -0.642. The second-order valence-electron chi connectivity index (χ2n) is 11.7. The van der Waals surface area contributed by atoms with Gasteiger partial charge >= 0.3 is 5.97 Å². The number of hydrogen-bond donors (Lipinski definition) is 0. The molecule has 1 amide bonds. The lowest BCUT2D eigenvalue weighted by Crippen LogP contribution is -2.52. The summed E-state index contributed by atoms with van der Waals surface area (Å²) in [5.41, 5.74) is 3.60. The molecule has 1 aromatic heterocycles. The number of likely N-dealkylation sites (tertiary alicyclic amines) is 1. The fourth-order valence-corrected chi connectivity index (χ4v) is 6.44. The second kappa shape index (κ2) is 10.5. The fraction of sp³-hybridized carbons (Fsp3) is 0.314. The Hall–Kier alpha value is -4.72. The number of pyridine rings is 1. The van der Waals surface area contributed by atoms with E-state index in [1.807, 2.05) is 53.6 Å². The number of benzene rings is 3. The largest absolute Gasteiger partial charge is 0.496 e. The molecule has 1 saturated carbocycles. The standard InChI is InChI=1S/C35H32N2O6/c1-41-31-19-25(18-27-26(31)10-13-36-32(27)21-6-7-21)33(39)37-14-11-35(12-15-37)20-29(38)28-17-23(8-9-30(28)43-35)22-4-3-5-24(16-22)34(40)42-2/h3-5,8-10,13,16-19,21H,6-7,11-12,14-15,20H2,1-2H3.